The van der Waals surface area contributed by atoms with E-state index in [0.717, 1.165) is 67.3 Å². The van der Waals surface area contributed by atoms with E-state index in [1.807, 2.05) is 134 Å². The molecule has 0 aliphatic carbocycles. The number of hydrogen-bond donors (Lipinski definition) is 0. The first-order valence-corrected chi connectivity index (χ1v) is 43.3. The van der Waals surface area contributed by atoms with Crippen LogP contribution in [0.3, 0.4) is 0 Å². The molecule has 129 heavy (non-hydrogen) atoms. The Balaban J connectivity index is 0.000000101. The highest BCUT2D eigenvalue weighted by Crippen LogP contribution is 2.38. The molecule has 8 heteroatoms. The number of rotatable bonds is 11. The quantitative estimate of drug-likeness (QED) is 0.119. The Morgan fingerprint density at radius 3 is 1.26 bits per heavy atom. The molecule has 24 rings (SSSR count). The van der Waals surface area contributed by atoms with Gasteiger partial charge in [-0.3, -0.25) is 29.9 Å². The van der Waals surface area contributed by atoms with E-state index in [1.165, 1.54) is 126 Å². The number of aromatic nitrogens is 8. The predicted molar refractivity (Wildman–Crippen MR) is 539 cm³/mol. The maximum Gasteiger partial charge on any atom is 0.0780 e. The normalized spacial score (nSPS) is 10.8. The molecule has 16 aromatic carbocycles. The van der Waals surface area contributed by atoms with Crippen LogP contribution in [0.15, 0.2) is 523 Å². The summed E-state index contributed by atoms with van der Waals surface area (Å²) in [6.45, 7) is 0. The van der Waals surface area contributed by atoms with E-state index in [4.69, 9.17) is 4.98 Å². The molecule has 0 amide bonds. The summed E-state index contributed by atoms with van der Waals surface area (Å²) >= 11 is 0. The van der Waals surface area contributed by atoms with Gasteiger partial charge in [0, 0.05) is 115 Å². The molecule has 0 N–H and O–H groups in total. The van der Waals surface area contributed by atoms with E-state index >= 15 is 0 Å². The molecule has 0 bridgehead atoms. The van der Waals surface area contributed by atoms with Crippen molar-refractivity contribution in [2.45, 2.75) is 0 Å². The molecule has 24 aromatic rings. The van der Waals surface area contributed by atoms with Gasteiger partial charge in [-0.05, 0) is 193 Å². The molecule has 610 valence electrons. The van der Waals surface area contributed by atoms with Crippen molar-refractivity contribution in [3.05, 3.63) is 523 Å². The zero-order valence-electron chi connectivity index (χ0n) is 70.7. The molecule has 8 aromatic heterocycles. The fourth-order valence-electron chi connectivity index (χ4n) is 16.5. The van der Waals surface area contributed by atoms with Gasteiger partial charge in [-0.1, -0.05) is 358 Å². The lowest BCUT2D eigenvalue weighted by molar-refractivity contribution is 1.18. The molecular formula is C121H86N8. The van der Waals surface area contributed by atoms with Gasteiger partial charge in [-0.2, -0.15) is 0 Å². The van der Waals surface area contributed by atoms with Crippen molar-refractivity contribution in [3.8, 4) is 118 Å². The van der Waals surface area contributed by atoms with E-state index in [2.05, 4.69) is 423 Å². The van der Waals surface area contributed by atoms with Gasteiger partial charge in [0.15, 0.2) is 0 Å². The zero-order chi connectivity index (χ0) is 86.5. The smallest absolute Gasteiger partial charge is 0.0780 e. The van der Waals surface area contributed by atoms with Crippen LogP contribution in [0.4, 0.5) is 0 Å². The lowest BCUT2D eigenvalue weighted by atomic mass is 9.97. The first-order valence-electron chi connectivity index (χ1n) is 43.3. The fraction of sp³-hybridized carbons (Fsp3) is 0. The number of nitrogens with zero attached hydrogens (tertiary/aromatic N) is 8. The van der Waals surface area contributed by atoms with Gasteiger partial charge >= 0.3 is 0 Å². The summed E-state index contributed by atoms with van der Waals surface area (Å²) < 4.78 is 2.33. The molecule has 0 saturated carbocycles. The fourth-order valence-corrected chi connectivity index (χ4v) is 16.5. The van der Waals surface area contributed by atoms with Crippen LogP contribution in [-0.2, 0) is 0 Å². The van der Waals surface area contributed by atoms with Crippen molar-refractivity contribution in [2.75, 3.05) is 0 Å². The van der Waals surface area contributed by atoms with Gasteiger partial charge in [0.1, 0.15) is 0 Å². The van der Waals surface area contributed by atoms with E-state index in [9.17, 15) is 0 Å². The highest BCUT2D eigenvalue weighted by Gasteiger charge is 2.16. The first-order chi connectivity index (χ1) is 64.0. The largest absolute Gasteiger partial charge is 0.309 e. The molecule has 0 aliphatic heterocycles. The Morgan fingerprint density at radius 1 is 0.178 bits per heavy atom. The number of para-hydroxylation sites is 3. The summed E-state index contributed by atoms with van der Waals surface area (Å²) in [5, 5.41) is 12.1. The third-order valence-electron chi connectivity index (χ3n) is 22.9. The molecule has 8 nitrogen and oxygen atoms in total. The van der Waals surface area contributed by atoms with Gasteiger partial charge in [-0.25, -0.2) is 4.98 Å². The zero-order valence-corrected chi connectivity index (χ0v) is 70.7. The van der Waals surface area contributed by atoms with E-state index in [-0.39, 0.29) is 0 Å². The second kappa shape index (κ2) is 39.5. The summed E-state index contributed by atoms with van der Waals surface area (Å²) in [6, 6.07) is 166. The third kappa shape index (κ3) is 19.1. The summed E-state index contributed by atoms with van der Waals surface area (Å²) in [4.78, 5) is 31.5. The molecular weight excluding hydrogens is 1570 g/mol. The van der Waals surface area contributed by atoms with Crippen molar-refractivity contribution in [1.29, 1.82) is 0 Å². The maximum absolute atomic E-state index is 4.78. The highest BCUT2D eigenvalue weighted by atomic mass is 15.0. The minimum absolute atomic E-state index is 0.994. The Labute approximate surface area is 750 Å². The number of benzene rings is 16. The second-order valence-electron chi connectivity index (χ2n) is 31.1. The van der Waals surface area contributed by atoms with Crippen molar-refractivity contribution in [3.63, 3.8) is 0 Å². The highest BCUT2D eigenvalue weighted by molar-refractivity contribution is 6.12. The third-order valence-corrected chi connectivity index (χ3v) is 22.9. The number of fused-ring (bicyclic) bond motifs is 9. The summed E-state index contributed by atoms with van der Waals surface area (Å²) in [7, 11) is 0. The van der Waals surface area contributed by atoms with Crippen LogP contribution in [0.5, 0.6) is 0 Å². The lowest BCUT2D eigenvalue weighted by Gasteiger charge is -2.08. The van der Waals surface area contributed by atoms with Crippen molar-refractivity contribution >= 4 is 75.9 Å². The Kier molecular flexibility index (Phi) is 24.9. The van der Waals surface area contributed by atoms with E-state index in [1.54, 1.807) is 0 Å². The molecule has 0 radical (unpaired) electrons. The van der Waals surface area contributed by atoms with Crippen LogP contribution in [0.2, 0.25) is 0 Å². The minimum Gasteiger partial charge on any atom is -0.309 e. The molecule has 0 fully saturated rings. The Morgan fingerprint density at radius 2 is 0.628 bits per heavy atom. The predicted octanol–water partition coefficient (Wildman–Crippen LogP) is 31.4. The van der Waals surface area contributed by atoms with Gasteiger partial charge in [0.25, 0.3) is 0 Å². The van der Waals surface area contributed by atoms with Crippen LogP contribution >= 0.6 is 0 Å². The van der Waals surface area contributed by atoms with Gasteiger partial charge in [-0.15, -0.1) is 0 Å². The minimum atomic E-state index is 0.994. The Hall–Kier alpha value is -17.3. The topological polar surface area (TPSA) is 95.2 Å². The van der Waals surface area contributed by atoms with Crippen molar-refractivity contribution in [2.24, 2.45) is 0 Å². The molecule has 0 atom stereocenters. The molecule has 8 heterocycles. The van der Waals surface area contributed by atoms with Gasteiger partial charge in [0.2, 0.25) is 0 Å². The number of pyridine rings is 7. The monoisotopic (exact) mass is 1650 g/mol. The van der Waals surface area contributed by atoms with E-state index in [0.29, 0.717) is 0 Å². The lowest BCUT2D eigenvalue weighted by Crippen LogP contribution is -1.92. The standard InChI is InChI=1S/C23H16N2.3C21H15N.C19H13N.C16H12N2/c1-2-8-18(9-3-1)25-22-12-5-4-10-19(22)20-16-17(13-14-23(20)25)21-11-6-7-15-24-21;1-2-7-16(8-3-1)18-10-6-11-19(15-18)21-20-12-5-4-9-17(20)13-14-22-21;1-2-7-16(8-3-1)18-10-6-11-19(15-18)21-14-13-17-9-4-5-12-20(17)22-21;1-2-7-16(8-3-1)17-11-6-12-19(13-17)21-14-18-9-4-5-10-20(18)15-22-21;1-2-6-14(7-3-1)16-9-4-10-18-17(16)12-11-15-8-5-13-20-19(15)18;1-2-9-18-16(6-1)15-5-3-4-14(12-15)13-7-10-17-11-8-13/h1-16H;3*1-15H;1-13H;1-12H. The van der Waals surface area contributed by atoms with Crippen LogP contribution < -0.4 is 0 Å². The Bertz CT molecular complexity index is 7670. The van der Waals surface area contributed by atoms with Gasteiger partial charge < -0.3 is 4.57 Å². The van der Waals surface area contributed by atoms with Gasteiger partial charge in [0.05, 0.1) is 50.5 Å². The second-order valence-corrected chi connectivity index (χ2v) is 31.1. The van der Waals surface area contributed by atoms with Crippen LogP contribution in [0.25, 0.3) is 194 Å². The molecule has 0 spiro atoms. The van der Waals surface area contributed by atoms with E-state index < -0.39 is 0 Å². The average molecular weight is 1650 g/mol. The van der Waals surface area contributed by atoms with Crippen molar-refractivity contribution in [1.82, 2.24) is 39.5 Å². The average Bonchev–Trinajstić information content (AvgIpc) is 1.57. The summed E-state index contributed by atoms with van der Waals surface area (Å²) in [5.41, 5.74) is 28.7. The molecule has 0 aliphatic rings. The summed E-state index contributed by atoms with van der Waals surface area (Å²) in [5.74, 6) is 0. The van der Waals surface area contributed by atoms with Crippen LogP contribution in [0, 0.1) is 0 Å². The first kappa shape index (κ1) is 81.3. The molecule has 0 unspecified atom stereocenters. The maximum atomic E-state index is 4.78. The number of hydrogen-bond acceptors (Lipinski definition) is 7. The van der Waals surface area contributed by atoms with Crippen LogP contribution in [-0.4, -0.2) is 39.5 Å². The molecule has 0 saturated heterocycles. The summed E-state index contributed by atoms with van der Waals surface area (Å²) in [6.07, 6.45) is 13.0. The SMILES string of the molecule is c1ccc(-c2cccc(-c3cc4ccccc4cn3)c2)cc1.c1ccc(-c2cccc(-c3ccc4ccccc4n3)c2)cc1.c1ccc(-c2cccc(-c3ccncc3)c2)nc1.c1ccc(-c2cccc(-c3nccc4ccccc34)c2)cc1.c1ccc(-c2cccc3c2ccc2cccnc23)cc1.c1ccc(-n2c3ccccc3c3cc(-c4ccccn4)ccc32)cc1. The van der Waals surface area contributed by atoms with Crippen molar-refractivity contribution < 1.29 is 0 Å². The van der Waals surface area contributed by atoms with Crippen LogP contribution in [0.1, 0.15) is 0 Å².